The summed E-state index contributed by atoms with van der Waals surface area (Å²) in [7, 11) is 0. The zero-order valence-electron chi connectivity index (χ0n) is 12.6. The highest BCUT2D eigenvalue weighted by molar-refractivity contribution is 6.18. The second kappa shape index (κ2) is 9.38. The summed E-state index contributed by atoms with van der Waals surface area (Å²) in [5.41, 5.74) is 5.62. The zero-order chi connectivity index (χ0) is 16.5. The van der Waals surface area contributed by atoms with Crippen LogP contribution in [0.4, 0.5) is 15.8 Å². The van der Waals surface area contributed by atoms with Crippen LogP contribution in [0.1, 0.15) is 5.56 Å². The fraction of sp³-hybridized carbons (Fsp3) is 0.235. The van der Waals surface area contributed by atoms with Gasteiger partial charge in [-0.3, -0.25) is 5.43 Å². The fourth-order valence-corrected chi connectivity index (χ4v) is 2.46. The lowest BCUT2D eigenvalue weighted by atomic mass is 10.2. The Labute approximate surface area is 145 Å². The molecule has 0 amide bonds. The molecule has 2 aromatic rings. The van der Waals surface area contributed by atoms with Gasteiger partial charge >= 0.3 is 0 Å². The van der Waals surface area contributed by atoms with E-state index >= 15 is 0 Å². The molecular weight excluding hydrogens is 336 g/mol. The highest BCUT2D eigenvalue weighted by Gasteiger charge is 2.04. The lowest BCUT2D eigenvalue weighted by Crippen LogP contribution is -2.27. The maximum absolute atomic E-state index is 12.8. The predicted molar refractivity (Wildman–Crippen MR) is 97.7 cm³/mol. The number of nitrogens with one attached hydrogen (secondary N) is 1. The molecule has 0 bridgehead atoms. The van der Waals surface area contributed by atoms with E-state index in [1.807, 2.05) is 24.3 Å². The van der Waals surface area contributed by atoms with E-state index in [0.29, 0.717) is 11.8 Å². The maximum Gasteiger partial charge on any atom is 0.123 e. The minimum Gasteiger partial charge on any atom is -0.369 e. The van der Waals surface area contributed by atoms with Gasteiger partial charge in [-0.1, -0.05) is 12.1 Å². The molecule has 0 heterocycles. The third-order valence-corrected chi connectivity index (χ3v) is 3.56. The fourth-order valence-electron chi connectivity index (χ4n) is 2.05. The van der Waals surface area contributed by atoms with Gasteiger partial charge in [-0.2, -0.15) is 5.10 Å². The first-order chi connectivity index (χ1) is 11.2. The molecule has 0 aliphatic rings. The zero-order valence-corrected chi connectivity index (χ0v) is 14.1. The van der Waals surface area contributed by atoms with Crippen LogP contribution in [0.3, 0.4) is 0 Å². The van der Waals surface area contributed by atoms with Crippen LogP contribution < -0.4 is 10.3 Å². The third-order valence-electron chi connectivity index (χ3n) is 3.22. The molecule has 2 rings (SSSR count). The molecule has 3 nitrogen and oxygen atoms in total. The van der Waals surface area contributed by atoms with Gasteiger partial charge < -0.3 is 4.90 Å². The van der Waals surface area contributed by atoms with E-state index in [9.17, 15) is 4.39 Å². The molecule has 0 aliphatic carbocycles. The lowest BCUT2D eigenvalue weighted by molar-refractivity contribution is 0.628. The Morgan fingerprint density at radius 3 is 2.13 bits per heavy atom. The van der Waals surface area contributed by atoms with Crippen molar-refractivity contribution in [2.24, 2.45) is 5.10 Å². The molecular formula is C17H18Cl2FN3. The van der Waals surface area contributed by atoms with E-state index < -0.39 is 0 Å². The number of nitrogens with zero attached hydrogens (tertiary/aromatic N) is 2. The first kappa shape index (κ1) is 17.6. The van der Waals surface area contributed by atoms with Crippen molar-refractivity contribution in [3.63, 3.8) is 0 Å². The smallest absolute Gasteiger partial charge is 0.123 e. The van der Waals surface area contributed by atoms with Gasteiger partial charge in [0, 0.05) is 30.5 Å². The Morgan fingerprint density at radius 1 is 0.957 bits per heavy atom. The highest BCUT2D eigenvalue weighted by Crippen LogP contribution is 2.15. The number of hydrogen-bond donors (Lipinski definition) is 1. The minimum atomic E-state index is -0.270. The Morgan fingerprint density at radius 2 is 1.57 bits per heavy atom. The van der Waals surface area contributed by atoms with Crippen molar-refractivity contribution in [3.05, 3.63) is 59.9 Å². The van der Waals surface area contributed by atoms with Gasteiger partial charge in [-0.05, 0) is 42.0 Å². The van der Waals surface area contributed by atoms with Gasteiger partial charge in [0.25, 0.3) is 0 Å². The van der Waals surface area contributed by atoms with E-state index in [2.05, 4.69) is 15.4 Å². The molecule has 0 fully saturated rings. The quantitative estimate of drug-likeness (QED) is 0.428. The SMILES string of the molecule is Fc1ccc(N/N=C\c2ccc(N(CCCl)CCCl)cc2)cc1. The average molecular weight is 354 g/mol. The number of rotatable bonds is 8. The molecule has 0 saturated carbocycles. The standard InChI is InChI=1S/C17H18Cl2FN3/c18-9-11-23(12-10-19)17-7-1-14(2-8-17)13-21-22-16-5-3-15(20)4-6-16/h1-8,13,22H,9-12H2/b21-13-. The number of benzene rings is 2. The van der Waals surface area contributed by atoms with Crippen molar-refractivity contribution in [2.75, 3.05) is 35.2 Å². The molecule has 1 N–H and O–H groups in total. The van der Waals surface area contributed by atoms with Gasteiger partial charge in [-0.25, -0.2) is 4.39 Å². The minimum absolute atomic E-state index is 0.270. The van der Waals surface area contributed by atoms with Gasteiger partial charge in [0.2, 0.25) is 0 Å². The molecule has 6 heteroatoms. The topological polar surface area (TPSA) is 27.6 Å². The van der Waals surface area contributed by atoms with Crippen LogP contribution >= 0.6 is 23.2 Å². The molecule has 0 saturated heterocycles. The van der Waals surface area contributed by atoms with Crippen LogP contribution in [0.2, 0.25) is 0 Å². The van der Waals surface area contributed by atoms with E-state index in [0.717, 1.165) is 30.0 Å². The van der Waals surface area contributed by atoms with Gasteiger partial charge in [0.05, 0.1) is 11.9 Å². The van der Waals surface area contributed by atoms with Crippen LogP contribution in [0, 0.1) is 5.82 Å². The monoisotopic (exact) mass is 353 g/mol. The number of hydrogen-bond acceptors (Lipinski definition) is 3. The molecule has 0 aromatic heterocycles. The largest absolute Gasteiger partial charge is 0.369 e. The molecule has 0 radical (unpaired) electrons. The van der Waals surface area contributed by atoms with Gasteiger partial charge in [0.15, 0.2) is 0 Å². The van der Waals surface area contributed by atoms with Crippen LogP contribution in [0.5, 0.6) is 0 Å². The van der Waals surface area contributed by atoms with E-state index in [-0.39, 0.29) is 5.82 Å². The Hall–Kier alpha value is -1.78. The summed E-state index contributed by atoms with van der Waals surface area (Å²) in [6.45, 7) is 1.52. The summed E-state index contributed by atoms with van der Waals surface area (Å²) >= 11 is 11.6. The van der Waals surface area contributed by atoms with Crippen LogP contribution in [0.15, 0.2) is 53.6 Å². The second-order valence-corrected chi connectivity index (χ2v) is 5.59. The van der Waals surface area contributed by atoms with E-state index in [4.69, 9.17) is 23.2 Å². The van der Waals surface area contributed by atoms with Crippen molar-refractivity contribution >= 4 is 40.8 Å². The predicted octanol–water partition coefficient (Wildman–Crippen LogP) is 4.56. The molecule has 0 spiro atoms. The number of hydrazone groups is 1. The van der Waals surface area contributed by atoms with E-state index in [1.165, 1.54) is 12.1 Å². The second-order valence-electron chi connectivity index (χ2n) is 4.83. The van der Waals surface area contributed by atoms with Gasteiger partial charge in [0.1, 0.15) is 5.82 Å². The lowest BCUT2D eigenvalue weighted by Gasteiger charge is -2.22. The number of alkyl halides is 2. The van der Waals surface area contributed by atoms with Gasteiger partial charge in [-0.15, -0.1) is 23.2 Å². The van der Waals surface area contributed by atoms with Crippen molar-refractivity contribution in [1.82, 2.24) is 0 Å². The molecule has 0 atom stereocenters. The first-order valence-corrected chi connectivity index (χ1v) is 8.31. The van der Waals surface area contributed by atoms with Crippen molar-refractivity contribution in [2.45, 2.75) is 0 Å². The summed E-state index contributed by atoms with van der Waals surface area (Å²) in [6, 6.07) is 14.0. The highest BCUT2D eigenvalue weighted by atomic mass is 35.5. The van der Waals surface area contributed by atoms with Crippen molar-refractivity contribution < 1.29 is 4.39 Å². The van der Waals surface area contributed by atoms with Crippen LogP contribution in [-0.2, 0) is 0 Å². The normalized spacial score (nSPS) is 10.9. The Kier molecular flexibility index (Phi) is 7.17. The van der Waals surface area contributed by atoms with Crippen LogP contribution in [0.25, 0.3) is 0 Å². The Balaban J connectivity index is 1.95. The summed E-state index contributed by atoms with van der Waals surface area (Å²) in [4.78, 5) is 2.14. The maximum atomic E-state index is 12.8. The Bertz CT molecular complexity index is 609. The molecule has 0 unspecified atom stereocenters. The van der Waals surface area contributed by atoms with Crippen molar-refractivity contribution in [3.8, 4) is 0 Å². The third kappa shape index (κ3) is 5.73. The summed E-state index contributed by atoms with van der Waals surface area (Å²) in [5, 5.41) is 4.14. The summed E-state index contributed by atoms with van der Waals surface area (Å²) < 4.78 is 12.8. The molecule has 0 aliphatic heterocycles. The van der Waals surface area contributed by atoms with Crippen LogP contribution in [-0.4, -0.2) is 31.1 Å². The average Bonchev–Trinajstić information content (AvgIpc) is 2.57. The summed E-state index contributed by atoms with van der Waals surface area (Å²) in [6.07, 6.45) is 1.71. The molecule has 122 valence electrons. The first-order valence-electron chi connectivity index (χ1n) is 7.24. The number of halogens is 3. The molecule has 2 aromatic carbocycles. The molecule has 23 heavy (non-hydrogen) atoms. The van der Waals surface area contributed by atoms with E-state index in [1.54, 1.807) is 18.3 Å². The summed E-state index contributed by atoms with van der Waals surface area (Å²) in [5.74, 6) is 0.845. The number of anilines is 2. The van der Waals surface area contributed by atoms with Crippen molar-refractivity contribution in [1.29, 1.82) is 0 Å².